The van der Waals surface area contributed by atoms with Crippen molar-refractivity contribution in [3.63, 3.8) is 0 Å². The molecule has 6 heteroatoms. The van der Waals surface area contributed by atoms with E-state index in [-0.39, 0.29) is 5.91 Å². The van der Waals surface area contributed by atoms with Crippen molar-refractivity contribution in [3.05, 3.63) is 88.8 Å². The number of aryl methyl sites for hydroxylation is 1. The highest BCUT2D eigenvalue weighted by Gasteiger charge is 2.20. The molecule has 0 radical (unpaired) electrons. The number of carbonyl (C=O) groups excluding carboxylic acids is 1. The highest BCUT2D eigenvalue weighted by atomic mass is 32.1. The highest BCUT2D eigenvalue weighted by Crippen LogP contribution is 2.30. The molecule has 5 nitrogen and oxygen atoms in total. The molecule has 0 saturated carbocycles. The zero-order valence-corrected chi connectivity index (χ0v) is 16.7. The molecule has 4 aromatic rings. The van der Waals surface area contributed by atoms with Crippen molar-refractivity contribution in [2.45, 2.75) is 20.3 Å². The zero-order chi connectivity index (χ0) is 19.5. The van der Waals surface area contributed by atoms with E-state index in [4.69, 9.17) is 0 Å². The zero-order valence-electron chi connectivity index (χ0n) is 15.9. The predicted octanol–water partition coefficient (Wildman–Crippen LogP) is 4.31. The fraction of sp³-hybridized carbons (Fsp3) is 0.182. The molecule has 1 aromatic carbocycles. The number of hydrogen-bond acceptors (Lipinski definition) is 3. The summed E-state index contributed by atoms with van der Waals surface area (Å²) in [6.45, 7) is 4.64. The molecule has 0 aliphatic heterocycles. The van der Waals surface area contributed by atoms with Gasteiger partial charge in [-0.15, -0.1) is 11.3 Å². The Balaban J connectivity index is 1.43. The molecular weight excluding hydrogens is 368 g/mol. The molecule has 0 aliphatic carbocycles. The molecular formula is C22H22N4OS. The van der Waals surface area contributed by atoms with Crippen LogP contribution in [0, 0.1) is 13.8 Å². The Bertz CT molecular complexity index is 1080. The van der Waals surface area contributed by atoms with Gasteiger partial charge in [0.1, 0.15) is 5.00 Å². The molecule has 3 heterocycles. The molecule has 142 valence electrons. The summed E-state index contributed by atoms with van der Waals surface area (Å²) >= 11 is 1.65. The maximum Gasteiger partial charge on any atom is 0.254 e. The quantitative estimate of drug-likeness (QED) is 0.533. The van der Waals surface area contributed by atoms with Crippen LogP contribution in [0.25, 0.3) is 10.7 Å². The highest BCUT2D eigenvalue weighted by molar-refractivity contribution is 7.15. The second kappa shape index (κ2) is 7.86. The molecule has 28 heavy (non-hydrogen) atoms. The van der Waals surface area contributed by atoms with Gasteiger partial charge in [0.15, 0.2) is 0 Å². The van der Waals surface area contributed by atoms with Gasteiger partial charge in [0, 0.05) is 30.0 Å². The van der Waals surface area contributed by atoms with E-state index in [1.54, 1.807) is 11.3 Å². The van der Waals surface area contributed by atoms with Crippen molar-refractivity contribution in [2.24, 2.45) is 0 Å². The van der Waals surface area contributed by atoms with E-state index in [9.17, 15) is 4.79 Å². The van der Waals surface area contributed by atoms with Gasteiger partial charge in [-0.25, -0.2) is 4.68 Å². The van der Waals surface area contributed by atoms with E-state index in [1.807, 2.05) is 83.4 Å². The lowest BCUT2D eigenvalue weighted by Gasteiger charge is -2.08. The minimum atomic E-state index is -0.0269. The van der Waals surface area contributed by atoms with Gasteiger partial charge in [-0.3, -0.25) is 4.79 Å². The van der Waals surface area contributed by atoms with Crippen molar-refractivity contribution < 1.29 is 4.79 Å². The van der Waals surface area contributed by atoms with Crippen molar-refractivity contribution >= 4 is 17.2 Å². The van der Waals surface area contributed by atoms with Gasteiger partial charge in [-0.1, -0.05) is 18.2 Å². The second-order valence-electron chi connectivity index (χ2n) is 6.69. The standard InChI is InChI=1S/C22H22N4OS/c1-16-17(2)28-22(25-12-6-7-13-25)20(16)21(27)23-11-10-18-14-24-26(15-18)19-8-4-3-5-9-19/h3-9,12-15H,10-11H2,1-2H3,(H,23,27). The van der Waals surface area contributed by atoms with E-state index in [0.29, 0.717) is 6.54 Å². The number of benzene rings is 1. The Hall–Kier alpha value is -3.12. The predicted molar refractivity (Wildman–Crippen MR) is 113 cm³/mol. The monoisotopic (exact) mass is 390 g/mol. The summed E-state index contributed by atoms with van der Waals surface area (Å²) in [5, 5.41) is 8.45. The van der Waals surface area contributed by atoms with Crippen LogP contribution in [0.1, 0.15) is 26.4 Å². The number of hydrogen-bond donors (Lipinski definition) is 1. The summed E-state index contributed by atoms with van der Waals surface area (Å²) < 4.78 is 3.86. The minimum absolute atomic E-state index is 0.0269. The van der Waals surface area contributed by atoms with E-state index < -0.39 is 0 Å². The molecule has 0 unspecified atom stereocenters. The summed E-state index contributed by atoms with van der Waals surface area (Å²) in [4.78, 5) is 14.0. The molecule has 0 spiro atoms. The van der Waals surface area contributed by atoms with Crippen LogP contribution in [0.5, 0.6) is 0 Å². The van der Waals surface area contributed by atoms with Crippen molar-refractivity contribution in [1.82, 2.24) is 19.7 Å². The van der Waals surface area contributed by atoms with Gasteiger partial charge in [0.25, 0.3) is 5.91 Å². The Morgan fingerprint density at radius 2 is 1.86 bits per heavy atom. The molecule has 0 fully saturated rings. The SMILES string of the molecule is Cc1sc(-n2cccc2)c(C(=O)NCCc2cnn(-c3ccccc3)c2)c1C. The number of rotatable bonds is 6. The third-order valence-corrected chi connectivity index (χ3v) is 6.01. The Morgan fingerprint density at radius 1 is 1.11 bits per heavy atom. The van der Waals surface area contributed by atoms with Gasteiger partial charge in [0.05, 0.1) is 17.4 Å². The molecule has 0 aliphatic rings. The maximum atomic E-state index is 12.9. The lowest BCUT2D eigenvalue weighted by Crippen LogP contribution is -2.26. The van der Waals surface area contributed by atoms with Gasteiger partial charge < -0.3 is 9.88 Å². The van der Waals surface area contributed by atoms with Crippen molar-refractivity contribution in [2.75, 3.05) is 6.54 Å². The van der Waals surface area contributed by atoms with E-state index >= 15 is 0 Å². The van der Waals surface area contributed by atoms with Crippen LogP contribution >= 0.6 is 11.3 Å². The Labute approximate surface area is 168 Å². The molecule has 0 atom stereocenters. The summed E-state index contributed by atoms with van der Waals surface area (Å²) in [7, 11) is 0. The van der Waals surface area contributed by atoms with Crippen molar-refractivity contribution in [1.29, 1.82) is 0 Å². The number of carbonyl (C=O) groups is 1. The number of aromatic nitrogens is 3. The number of nitrogens with zero attached hydrogens (tertiary/aromatic N) is 3. The third kappa shape index (κ3) is 3.64. The molecule has 3 aromatic heterocycles. The Morgan fingerprint density at radius 3 is 2.61 bits per heavy atom. The van der Waals surface area contributed by atoms with Gasteiger partial charge in [-0.2, -0.15) is 5.10 Å². The third-order valence-electron chi connectivity index (χ3n) is 4.79. The summed E-state index contributed by atoms with van der Waals surface area (Å²) in [6.07, 6.45) is 8.54. The summed E-state index contributed by atoms with van der Waals surface area (Å²) in [5.41, 5.74) is 3.92. The van der Waals surface area contributed by atoms with Crippen molar-refractivity contribution in [3.8, 4) is 10.7 Å². The van der Waals surface area contributed by atoms with Crippen LogP contribution in [0.3, 0.4) is 0 Å². The first-order chi connectivity index (χ1) is 13.6. The lowest BCUT2D eigenvalue weighted by molar-refractivity contribution is 0.0954. The summed E-state index contributed by atoms with van der Waals surface area (Å²) in [5.74, 6) is -0.0269. The number of amides is 1. The van der Waals surface area contributed by atoms with E-state index in [2.05, 4.69) is 17.3 Å². The van der Waals surface area contributed by atoms with Crippen LogP contribution in [0.15, 0.2) is 67.3 Å². The van der Waals surface area contributed by atoms with E-state index in [0.717, 1.165) is 38.7 Å². The topological polar surface area (TPSA) is 51.9 Å². The molecule has 0 bridgehead atoms. The number of thiophene rings is 1. The molecule has 0 saturated heterocycles. The molecule has 1 amide bonds. The average Bonchev–Trinajstić information content (AvgIpc) is 3.44. The first kappa shape index (κ1) is 18.3. The van der Waals surface area contributed by atoms with Crippen LogP contribution in [0.2, 0.25) is 0 Å². The first-order valence-electron chi connectivity index (χ1n) is 9.24. The fourth-order valence-electron chi connectivity index (χ4n) is 3.15. The largest absolute Gasteiger partial charge is 0.352 e. The number of para-hydroxylation sites is 1. The van der Waals surface area contributed by atoms with Gasteiger partial charge in [-0.05, 0) is 55.7 Å². The number of nitrogens with one attached hydrogen (secondary N) is 1. The summed E-state index contributed by atoms with van der Waals surface area (Å²) in [6, 6.07) is 13.9. The van der Waals surface area contributed by atoms with Gasteiger partial charge >= 0.3 is 0 Å². The molecule has 1 N–H and O–H groups in total. The van der Waals surface area contributed by atoms with Crippen LogP contribution in [-0.4, -0.2) is 26.8 Å². The second-order valence-corrected chi connectivity index (χ2v) is 7.89. The molecule has 4 rings (SSSR count). The van der Waals surface area contributed by atoms with Crippen LogP contribution < -0.4 is 5.32 Å². The fourth-order valence-corrected chi connectivity index (χ4v) is 4.27. The first-order valence-corrected chi connectivity index (χ1v) is 10.1. The normalized spacial score (nSPS) is 10.9. The smallest absolute Gasteiger partial charge is 0.254 e. The van der Waals surface area contributed by atoms with E-state index in [1.165, 1.54) is 0 Å². The maximum absolute atomic E-state index is 12.9. The Kier molecular flexibility index (Phi) is 5.12. The lowest BCUT2D eigenvalue weighted by atomic mass is 10.1. The minimum Gasteiger partial charge on any atom is -0.352 e. The van der Waals surface area contributed by atoms with Crippen LogP contribution in [0.4, 0.5) is 0 Å². The van der Waals surface area contributed by atoms with Crippen LogP contribution in [-0.2, 0) is 6.42 Å². The van der Waals surface area contributed by atoms with Gasteiger partial charge in [0.2, 0.25) is 0 Å². The average molecular weight is 391 g/mol.